The van der Waals surface area contributed by atoms with Crippen molar-refractivity contribution in [3.8, 4) is 0 Å². The van der Waals surface area contributed by atoms with Crippen LogP contribution in [0.5, 0.6) is 0 Å². The molecule has 0 spiro atoms. The normalized spacial score (nSPS) is 16.8. The van der Waals surface area contributed by atoms with Crippen molar-refractivity contribution in [2.24, 2.45) is 0 Å². The molecule has 0 radical (unpaired) electrons. The highest BCUT2D eigenvalue weighted by atomic mass is 16.2. The second-order valence-corrected chi connectivity index (χ2v) is 9.97. The molecule has 0 aliphatic carbocycles. The standard InChI is InChI=1S/C30H33N5O2/c1-20-8-12-25(13-9-20)33-30(37)35-19-23-7-5-6-21(2)26(23)18-27(35)29(36)32-24-14-10-22(11-15-24)28(31)34-16-3-4-17-34/h5-15,27,31H,3-4,16-19H2,1-2H3,(H,32,36)(H,33,37). The molecule has 3 amide bonds. The first-order chi connectivity index (χ1) is 17.9. The van der Waals surface area contributed by atoms with Crippen molar-refractivity contribution in [3.63, 3.8) is 0 Å². The molecule has 7 heteroatoms. The Bertz CT molecular complexity index is 1310. The van der Waals surface area contributed by atoms with E-state index in [0.29, 0.717) is 30.2 Å². The Kier molecular flexibility index (Phi) is 6.95. The number of amides is 3. The summed E-state index contributed by atoms with van der Waals surface area (Å²) in [6.07, 6.45) is 2.69. The molecule has 3 aromatic rings. The van der Waals surface area contributed by atoms with Gasteiger partial charge in [0.25, 0.3) is 0 Å². The zero-order chi connectivity index (χ0) is 25.9. The summed E-state index contributed by atoms with van der Waals surface area (Å²) in [6, 6.07) is 20.1. The maximum atomic E-state index is 13.5. The molecule has 1 unspecified atom stereocenters. The zero-order valence-corrected chi connectivity index (χ0v) is 21.4. The van der Waals surface area contributed by atoms with Crippen LogP contribution in [0.2, 0.25) is 0 Å². The van der Waals surface area contributed by atoms with E-state index < -0.39 is 6.04 Å². The van der Waals surface area contributed by atoms with Crippen LogP contribution >= 0.6 is 0 Å². The zero-order valence-electron chi connectivity index (χ0n) is 21.4. The van der Waals surface area contributed by atoms with Crippen molar-refractivity contribution >= 4 is 29.1 Å². The lowest BCUT2D eigenvalue weighted by Crippen LogP contribution is -2.52. The first-order valence-electron chi connectivity index (χ1n) is 12.9. The minimum absolute atomic E-state index is 0.227. The fraction of sp³-hybridized carbons (Fsp3) is 0.300. The molecule has 1 fully saturated rings. The van der Waals surface area contributed by atoms with E-state index >= 15 is 0 Å². The van der Waals surface area contributed by atoms with Gasteiger partial charge in [0.05, 0.1) is 0 Å². The molecule has 1 saturated heterocycles. The summed E-state index contributed by atoms with van der Waals surface area (Å²) >= 11 is 0. The van der Waals surface area contributed by atoms with Crippen molar-refractivity contribution < 1.29 is 9.59 Å². The van der Waals surface area contributed by atoms with Crippen LogP contribution in [0.25, 0.3) is 0 Å². The van der Waals surface area contributed by atoms with Crippen LogP contribution in [0, 0.1) is 19.3 Å². The summed E-state index contributed by atoms with van der Waals surface area (Å²) in [4.78, 5) is 30.6. The van der Waals surface area contributed by atoms with Crippen molar-refractivity contribution in [2.45, 2.75) is 45.7 Å². The van der Waals surface area contributed by atoms with Crippen LogP contribution in [0.1, 0.15) is 40.7 Å². The molecule has 0 bridgehead atoms. The van der Waals surface area contributed by atoms with Crippen molar-refractivity contribution in [3.05, 3.63) is 94.5 Å². The lowest BCUT2D eigenvalue weighted by Gasteiger charge is -2.36. The Morgan fingerprint density at radius 3 is 2.22 bits per heavy atom. The Labute approximate surface area is 218 Å². The van der Waals surface area contributed by atoms with Gasteiger partial charge in [0, 0.05) is 43.0 Å². The van der Waals surface area contributed by atoms with Gasteiger partial charge in [0.15, 0.2) is 0 Å². The van der Waals surface area contributed by atoms with E-state index in [-0.39, 0.29) is 11.9 Å². The summed E-state index contributed by atoms with van der Waals surface area (Å²) in [5.41, 5.74) is 6.60. The number of benzene rings is 3. The summed E-state index contributed by atoms with van der Waals surface area (Å²) < 4.78 is 0. The molecule has 37 heavy (non-hydrogen) atoms. The fourth-order valence-corrected chi connectivity index (χ4v) is 5.14. The number of rotatable bonds is 4. The van der Waals surface area contributed by atoms with Gasteiger partial charge >= 0.3 is 6.03 Å². The highest BCUT2D eigenvalue weighted by Gasteiger charge is 2.35. The van der Waals surface area contributed by atoms with Crippen molar-refractivity contribution in [1.29, 1.82) is 5.41 Å². The SMILES string of the molecule is Cc1ccc(NC(=O)N2Cc3cccc(C)c3CC2C(=O)Nc2ccc(C(=N)N3CCCC3)cc2)cc1. The third kappa shape index (κ3) is 5.35. The number of urea groups is 1. The summed E-state index contributed by atoms with van der Waals surface area (Å²) in [6.45, 7) is 6.24. The van der Waals surface area contributed by atoms with Gasteiger partial charge < -0.3 is 20.4 Å². The van der Waals surface area contributed by atoms with Crippen LogP contribution in [0.15, 0.2) is 66.7 Å². The topological polar surface area (TPSA) is 88.5 Å². The minimum Gasteiger partial charge on any atom is -0.357 e. The number of amidine groups is 1. The van der Waals surface area contributed by atoms with E-state index in [1.807, 2.05) is 80.6 Å². The van der Waals surface area contributed by atoms with Crippen LogP contribution in [-0.2, 0) is 17.8 Å². The molecule has 3 N–H and O–H groups in total. The van der Waals surface area contributed by atoms with Gasteiger partial charge in [0.1, 0.15) is 11.9 Å². The molecule has 0 aromatic heterocycles. The second kappa shape index (κ2) is 10.5. The van der Waals surface area contributed by atoms with Crippen molar-refractivity contribution in [1.82, 2.24) is 9.80 Å². The monoisotopic (exact) mass is 495 g/mol. The number of likely N-dealkylation sites (tertiary alicyclic amines) is 1. The smallest absolute Gasteiger partial charge is 0.322 e. The molecule has 2 aliphatic rings. The van der Waals surface area contributed by atoms with E-state index in [1.165, 1.54) is 0 Å². The molecular weight excluding hydrogens is 462 g/mol. The predicted octanol–water partition coefficient (Wildman–Crippen LogP) is 5.32. The Morgan fingerprint density at radius 2 is 1.51 bits per heavy atom. The molecular formula is C30H33N5O2. The minimum atomic E-state index is -0.651. The Hall–Kier alpha value is -4.13. The number of nitrogens with zero attached hydrogens (tertiary/aromatic N) is 2. The number of hydrogen-bond donors (Lipinski definition) is 3. The lowest BCUT2D eigenvalue weighted by atomic mass is 9.90. The number of anilines is 2. The van der Waals surface area contributed by atoms with E-state index in [4.69, 9.17) is 5.41 Å². The molecule has 2 heterocycles. The van der Waals surface area contributed by atoms with E-state index in [1.54, 1.807) is 4.90 Å². The van der Waals surface area contributed by atoms with Crippen LogP contribution in [0.3, 0.4) is 0 Å². The summed E-state index contributed by atoms with van der Waals surface area (Å²) in [5.74, 6) is 0.295. The molecule has 190 valence electrons. The Morgan fingerprint density at radius 1 is 0.865 bits per heavy atom. The van der Waals surface area contributed by atoms with Gasteiger partial charge in [-0.05, 0) is 79.8 Å². The highest BCUT2D eigenvalue weighted by molar-refractivity contribution is 6.01. The molecule has 1 atom stereocenters. The first-order valence-corrected chi connectivity index (χ1v) is 12.9. The Balaban J connectivity index is 1.34. The quantitative estimate of drug-likeness (QED) is 0.338. The maximum absolute atomic E-state index is 13.5. The number of fused-ring (bicyclic) bond motifs is 1. The summed E-state index contributed by atoms with van der Waals surface area (Å²) in [5, 5.41) is 14.4. The van der Waals surface area contributed by atoms with E-state index in [9.17, 15) is 9.59 Å². The van der Waals surface area contributed by atoms with Gasteiger partial charge in [-0.3, -0.25) is 10.2 Å². The highest BCUT2D eigenvalue weighted by Crippen LogP contribution is 2.28. The average Bonchev–Trinajstić information content (AvgIpc) is 3.45. The largest absolute Gasteiger partial charge is 0.357 e. The first kappa shape index (κ1) is 24.6. The van der Waals surface area contributed by atoms with Gasteiger partial charge in [-0.25, -0.2) is 4.79 Å². The van der Waals surface area contributed by atoms with E-state index in [0.717, 1.165) is 53.7 Å². The third-order valence-electron chi connectivity index (χ3n) is 7.34. The molecule has 3 aromatic carbocycles. The summed E-state index contributed by atoms with van der Waals surface area (Å²) in [7, 11) is 0. The second-order valence-electron chi connectivity index (χ2n) is 9.97. The van der Waals surface area contributed by atoms with Gasteiger partial charge in [-0.15, -0.1) is 0 Å². The van der Waals surface area contributed by atoms with Crippen LogP contribution in [0.4, 0.5) is 16.2 Å². The predicted molar refractivity (Wildman–Crippen MR) is 147 cm³/mol. The fourth-order valence-electron chi connectivity index (χ4n) is 5.14. The molecule has 0 saturated carbocycles. The number of aryl methyl sites for hydroxylation is 2. The maximum Gasteiger partial charge on any atom is 0.322 e. The molecule has 2 aliphatic heterocycles. The number of carbonyl (C=O) groups is 2. The lowest BCUT2D eigenvalue weighted by molar-refractivity contribution is -0.120. The van der Waals surface area contributed by atoms with E-state index in [2.05, 4.69) is 15.5 Å². The van der Waals surface area contributed by atoms with Crippen LogP contribution in [-0.4, -0.2) is 46.7 Å². The average molecular weight is 496 g/mol. The molecule has 7 nitrogen and oxygen atoms in total. The van der Waals surface area contributed by atoms with Crippen LogP contribution < -0.4 is 10.6 Å². The van der Waals surface area contributed by atoms with Gasteiger partial charge in [0.2, 0.25) is 5.91 Å². The molecule has 5 rings (SSSR count). The number of nitrogens with one attached hydrogen (secondary N) is 3. The number of hydrogen-bond acceptors (Lipinski definition) is 3. The third-order valence-corrected chi connectivity index (χ3v) is 7.34. The van der Waals surface area contributed by atoms with Crippen molar-refractivity contribution in [2.75, 3.05) is 23.7 Å². The van der Waals surface area contributed by atoms with Gasteiger partial charge in [-0.2, -0.15) is 0 Å². The van der Waals surface area contributed by atoms with Gasteiger partial charge in [-0.1, -0.05) is 35.9 Å². The number of carbonyl (C=O) groups excluding carboxylic acids is 2.